The molecule has 23 heavy (non-hydrogen) atoms. The van der Waals surface area contributed by atoms with Crippen molar-refractivity contribution in [3.63, 3.8) is 0 Å². The van der Waals surface area contributed by atoms with Gasteiger partial charge in [0.1, 0.15) is 16.3 Å². The monoisotopic (exact) mass is 325 g/mol. The van der Waals surface area contributed by atoms with Crippen LogP contribution in [0.25, 0.3) is 0 Å². The summed E-state index contributed by atoms with van der Waals surface area (Å²) in [4.78, 5) is 21.8. The minimum Gasteiger partial charge on any atom is -0.444 e. The largest absolute Gasteiger partial charge is 0.444 e. The molecule has 1 heterocycles. The van der Waals surface area contributed by atoms with Gasteiger partial charge in [-0.3, -0.25) is 10.1 Å². The molecule has 0 radical (unpaired) electrons. The summed E-state index contributed by atoms with van der Waals surface area (Å²) in [5, 5.41) is 16.6. The Kier molecular flexibility index (Phi) is 5.25. The first-order valence-electron chi connectivity index (χ1n) is 7.68. The summed E-state index contributed by atoms with van der Waals surface area (Å²) in [7, 11) is 0. The third kappa shape index (κ3) is 5.90. The quantitative estimate of drug-likeness (QED) is 0.589. The van der Waals surface area contributed by atoms with Gasteiger partial charge >= 0.3 is 12.0 Å². The van der Waals surface area contributed by atoms with Crippen LogP contribution in [-0.4, -0.2) is 29.2 Å². The lowest BCUT2D eigenvalue weighted by atomic mass is 10.2. The first kappa shape index (κ1) is 17.3. The van der Waals surface area contributed by atoms with E-state index in [1.165, 1.54) is 6.07 Å². The number of nitrogens with zero attached hydrogens (tertiary/aromatic N) is 1. The van der Waals surface area contributed by atoms with Gasteiger partial charge in [0.15, 0.2) is 0 Å². The summed E-state index contributed by atoms with van der Waals surface area (Å²) in [6, 6.07) is 2.88. The maximum absolute atomic E-state index is 11.9. The maximum Gasteiger partial charge on any atom is 0.433 e. The van der Waals surface area contributed by atoms with E-state index in [0.29, 0.717) is 24.8 Å². The van der Waals surface area contributed by atoms with Crippen LogP contribution in [0.5, 0.6) is 0 Å². The molecule has 0 saturated heterocycles. The predicted octanol–water partition coefficient (Wildman–Crippen LogP) is 2.58. The molecular formula is C15H23N3O5. The second-order valence-corrected chi connectivity index (χ2v) is 6.72. The summed E-state index contributed by atoms with van der Waals surface area (Å²) in [5.41, 5.74) is -0.529. The van der Waals surface area contributed by atoms with E-state index in [4.69, 9.17) is 9.15 Å². The highest BCUT2D eigenvalue weighted by molar-refractivity contribution is 5.68. The standard InChI is InChI=1S/C15H23N3O5/c1-15(2,3)23-14(19)17-12(10-4-5-10)9-16-8-11-6-7-13(22-11)18(20)21/h6-7,10,12,16H,4-5,8-9H2,1-3H3,(H,17,19). The Morgan fingerprint density at radius 3 is 2.70 bits per heavy atom. The molecule has 1 saturated carbocycles. The fraction of sp³-hybridized carbons (Fsp3) is 0.667. The number of rotatable bonds is 7. The molecule has 2 N–H and O–H groups in total. The molecule has 1 aromatic rings. The van der Waals surface area contributed by atoms with Crippen LogP contribution in [0.1, 0.15) is 39.4 Å². The minimum absolute atomic E-state index is 0.0187. The maximum atomic E-state index is 11.9. The molecule has 1 aliphatic carbocycles. The van der Waals surface area contributed by atoms with Gasteiger partial charge in [0.25, 0.3) is 0 Å². The molecule has 0 aliphatic heterocycles. The van der Waals surface area contributed by atoms with Crippen molar-refractivity contribution in [3.05, 3.63) is 28.0 Å². The van der Waals surface area contributed by atoms with Gasteiger partial charge in [0.05, 0.1) is 12.6 Å². The van der Waals surface area contributed by atoms with E-state index in [9.17, 15) is 14.9 Å². The molecule has 8 heteroatoms. The smallest absolute Gasteiger partial charge is 0.433 e. The fourth-order valence-corrected chi connectivity index (χ4v) is 2.20. The van der Waals surface area contributed by atoms with Crippen molar-refractivity contribution in [1.82, 2.24) is 10.6 Å². The van der Waals surface area contributed by atoms with E-state index in [1.54, 1.807) is 6.07 Å². The van der Waals surface area contributed by atoms with Crippen LogP contribution in [0.2, 0.25) is 0 Å². The molecule has 0 aromatic carbocycles. The van der Waals surface area contributed by atoms with E-state index < -0.39 is 16.6 Å². The molecule has 0 spiro atoms. The van der Waals surface area contributed by atoms with Gasteiger partial charge in [0.2, 0.25) is 0 Å². The van der Waals surface area contributed by atoms with Gasteiger partial charge < -0.3 is 19.8 Å². The Labute approximate surface area is 134 Å². The number of alkyl carbamates (subject to hydrolysis) is 1. The van der Waals surface area contributed by atoms with Gasteiger partial charge in [0, 0.05) is 12.6 Å². The number of carbonyl (C=O) groups is 1. The lowest BCUT2D eigenvalue weighted by Crippen LogP contribution is -2.45. The van der Waals surface area contributed by atoms with Gasteiger partial charge in [-0.05, 0) is 45.6 Å². The Morgan fingerprint density at radius 2 is 2.17 bits per heavy atom. The van der Waals surface area contributed by atoms with E-state index in [1.807, 2.05) is 20.8 Å². The zero-order valence-electron chi connectivity index (χ0n) is 13.6. The highest BCUT2D eigenvalue weighted by Crippen LogP contribution is 2.32. The number of amides is 1. The third-order valence-corrected chi connectivity index (χ3v) is 3.38. The highest BCUT2D eigenvalue weighted by Gasteiger charge is 2.33. The molecule has 1 amide bonds. The average molecular weight is 325 g/mol. The van der Waals surface area contributed by atoms with Gasteiger partial charge in [-0.2, -0.15) is 0 Å². The number of hydrogen-bond donors (Lipinski definition) is 2. The van der Waals surface area contributed by atoms with E-state index >= 15 is 0 Å². The lowest BCUT2D eigenvalue weighted by molar-refractivity contribution is -0.402. The summed E-state index contributed by atoms with van der Waals surface area (Å²) in [6.07, 6.45) is 1.73. The zero-order chi connectivity index (χ0) is 17.0. The number of furan rings is 1. The fourth-order valence-electron chi connectivity index (χ4n) is 2.20. The molecule has 128 valence electrons. The average Bonchev–Trinajstić information content (AvgIpc) is 3.14. The molecule has 0 bridgehead atoms. The summed E-state index contributed by atoms with van der Waals surface area (Å²) in [6.45, 7) is 6.38. The van der Waals surface area contributed by atoms with Crippen LogP contribution < -0.4 is 10.6 Å². The molecule has 1 fully saturated rings. The normalized spacial score (nSPS) is 16.0. The van der Waals surface area contributed by atoms with Crippen molar-refractivity contribution in [2.75, 3.05) is 6.54 Å². The molecular weight excluding hydrogens is 302 g/mol. The minimum atomic E-state index is -0.569. The second-order valence-electron chi connectivity index (χ2n) is 6.72. The van der Waals surface area contributed by atoms with Gasteiger partial charge in [-0.1, -0.05) is 0 Å². The number of hydrogen-bond acceptors (Lipinski definition) is 6. The van der Waals surface area contributed by atoms with Crippen LogP contribution in [0.15, 0.2) is 16.5 Å². The van der Waals surface area contributed by atoms with E-state index in [2.05, 4.69) is 10.6 Å². The first-order valence-corrected chi connectivity index (χ1v) is 7.68. The summed E-state index contributed by atoms with van der Waals surface area (Å²) >= 11 is 0. The van der Waals surface area contributed by atoms with Crippen LogP contribution in [0, 0.1) is 16.0 Å². The number of ether oxygens (including phenoxy) is 1. The third-order valence-electron chi connectivity index (χ3n) is 3.38. The number of carbonyl (C=O) groups excluding carboxylic acids is 1. The highest BCUT2D eigenvalue weighted by atomic mass is 16.6. The van der Waals surface area contributed by atoms with Gasteiger partial charge in [-0.25, -0.2) is 4.79 Å². The van der Waals surface area contributed by atoms with E-state index in [-0.39, 0.29) is 11.9 Å². The Morgan fingerprint density at radius 1 is 1.48 bits per heavy atom. The number of nitro groups is 1. The van der Waals surface area contributed by atoms with Crippen LogP contribution in [0.4, 0.5) is 10.7 Å². The molecule has 1 aromatic heterocycles. The van der Waals surface area contributed by atoms with Crippen molar-refractivity contribution in [2.45, 2.75) is 51.8 Å². The van der Waals surface area contributed by atoms with Crippen molar-refractivity contribution in [2.24, 2.45) is 5.92 Å². The molecule has 1 atom stereocenters. The van der Waals surface area contributed by atoms with Crippen LogP contribution in [0.3, 0.4) is 0 Å². The summed E-state index contributed by atoms with van der Waals surface area (Å²) in [5.74, 6) is 0.664. The van der Waals surface area contributed by atoms with Crippen LogP contribution >= 0.6 is 0 Å². The molecule has 8 nitrogen and oxygen atoms in total. The van der Waals surface area contributed by atoms with Crippen molar-refractivity contribution in [3.8, 4) is 0 Å². The number of nitrogens with one attached hydrogen (secondary N) is 2. The Hall–Kier alpha value is -2.09. The van der Waals surface area contributed by atoms with E-state index in [0.717, 1.165) is 12.8 Å². The second kappa shape index (κ2) is 6.99. The Balaban J connectivity index is 1.78. The SMILES string of the molecule is CC(C)(C)OC(=O)NC(CNCc1ccc([N+](=O)[O-])o1)C1CC1. The van der Waals surface area contributed by atoms with Crippen molar-refractivity contribution >= 4 is 12.0 Å². The van der Waals surface area contributed by atoms with Crippen LogP contribution in [-0.2, 0) is 11.3 Å². The first-order chi connectivity index (χ1) is 10.7. The molecule has 2 rings (SSSR count). The Bertz CT molecular complexity index is 560. The van der Waals surface area contributed by atoms with Gasteiger partial charge in [-0.15, -0.1) is 0 Å². The van der Waals surface area contributed by atoms with Crippen molar-refractivity contribution in [1.29, 1.82) is 0 Å². The zero-order valence-corrected chi connectivity index (χ0v) is 13.6. The summed E-state index contributed by atoms with van der Waals surface area (Å²) < 4.78 is 10.3. The predicted molar refractivity (Wildman–Crippen MR) is 83.0 cm³/mol. The lowest BCUT2D eigenvalue weighted by Gasteiger charge is -2.23. The topological polar surface area (TPSA) is 107 Å². The molecule has 1 aliphatic rings. The molecule has 1 unspecified atom stereocenters. The van der Waals surface area contributed by atoms with Crippen molar-refractivity contribution < 1.29 is 18.9 Å².